The molecule has 0 bridgehead atoms. The van der Waals surface area contributed by atoms with Crippen LogP contribution in [0.2, 0.25) is 0 Å². The zero-order valence-electron chi connectivity index (χ0n) is 19.4. The molecule has 0 aromatic carbocycles. The van der Waals surface area contributed by atoms with E-state index in [9.17, 15) is 34.2 Å². The van der Waals surface area contributed by atoms with Gasteiger partial charge in [-0.15, -0.1) is 0 Å². The van der Waals surface area contributed by atoms with Crippen molar-refractivity contribution in [2.45, 2.75) is 83.1 Å². The van der Waals surface area contributed by atoms with Gasteiger partial charge < -0.3 is 43.4 Å². The van der Waals surface area contributed by atoms with Crippen molar-refractivity contribution >= 4 is 29.6 Å². The summed E-state index contributed by atoms with van der Waals surface area (Å²) in [6, 6.07) is -5.11. The minimum absolute atomic E-state index is 0.164. The average molecular weight is 475 g/mol. The third kappa shape index (κ3) is 11.1. The number of carbonyl (C=O) groups excluding carboxylic acids is 4. The number of nitrogens with two attached hydrogens (primary N) is 3. The molecule has 0 aromatic rings. The van der Waals surface area contributed by atoms with E-state index in [2.05, 4.69) is 16.0 Å². The van der Waals surface area contributed by atoms with Gasteiger partial charge in [-0.25, -0.2) is 4.79 Å². The molecule has 190 valence electrons. The largest absolute Gasteiger partial charge is 0.480 e. The molecule has 0 aliphatic carbocycles. The van der Waals surface area contributed by atoms with E-state index in [0.29, 0.717) is 25.8 Å². The summed E-state index contributed by atoms with van der Waals surface area (Å²) in [5.41, 5.74) is 16.1. The van der Waals surface area contributed by atoms with Crippen molar-refractivity contribution in [1.82, 2.24) is 16.0 Å². The quantitative estimate of drug-likeness (QED) is 0.108. The maximum Gasteiger partial charge on any atom is 0.326 e. The van der Waals surface area contributed by atoms with E-state index in [-0.39, 0.29) is 6.42 Å². The number of carboxylic acid groups (broad SMARTS) is 1. The fourth-order valence-electron chi connectivity index (χ4n) is 2.86. The van der Waals surface area contributed by atoms with Gasteiger partial charge in [-0.3, -0.25) is 19.2 Å². The van der Waals surface area contributed by atoms with Crippen LogP contribution in [0, 0.1) is 5.92 Å². The summed E-state index contributed by atoms with van der Waals surface area (Å²) in [6.07, 6.45) is -0.0813. The molecule has 0 aromatic heterocycles. The normalized spacial score (nSPS) is 16.4. The number of carbonyl (C=O) groups is 5. The molecule has 0 aliphatic heterocycles. The minimum Gasteiger partial charge on any atom is -0.480 e. The minimum atomic E-state index is -1.45. The fourth-order valence-corrected chi connectivity index (χ4v) is 2.86. The Hall–Kier alpha value is -2.77. The molecule has 0 aliphatic rings. The van der Waals surface area contributed by atoms with E-state index < -0.39 is 72.2 Å². The van der Waals surface area contributed by atoms with Crippen LogP contribution in [0.4, 0.5) is 0 Å². The summed E-state index contributed by atoms with van der Waals surface area (Å²) in [4.78, 5) is 60.8. The number of carboxylic acids is 1. The lowest BCUT2D eigenvalue weighted by molar-refractivity contribution is -0.143. The van der Waals surface area contributed by atoms with E-state index in [4.69, 9.17) is 17.2 Å². The highest BCUT2D eigenvalue weighted by Gasteiger charge is 2.33. The molecule has 6 atom stereocenters. The second-order valence-electron chi connectivity index (χ2n) is 8.05. The van der Waals surface area contributed by atoms with Crippen molar-refractivity contribution < 1.29 is 34.2 Å². The zero-order chi connectivity index (χ0) is 25.7. The average Bonchev–Trinajstić information content (AvgIpc) is 2.74. The Morgan fingerprint density at radius 3 is 1.94 bits per heavy atom. The molecule has 33 heavy (non-hydrogen) atoms. The predicted octanol–water partition coefficient (Wildman–Crippen LogP) is -2.72. The topological polar surface area (TPSA) is 240 Å². The summed E-state index contributed by atoms with van der Waals surface area (Å²) < 4.78 is 0. The van der Waals surface area contributed by atoms with Crippen molar-refractivity contribution in [2.24, 2.45) is 23.1 Å². The van der Waals surface area contributed by atoms with Gasteiger partial charge in [-0.1, -0.05) is 20.3 Å². The molecule has 13 nitrogen and oxygen atoms in total. The Labute approximate surface area is 193 Å². The molecule has 0 saturated carbocycles. The lowest BCUT2D eigenvalue weighted by Crippen LogP contribution is -2.59. The first-order valence-electron chi connectivity index (χ1n) is 10.9. The summed E-state index contributed by atoms with van der Waals surface area (Å²) >= 11 is 0. The number of hydrogen-bond donors (Lipinski definition) is 8. The lowest BCUT2D eigenvalue weighted by atomic mass is 9.97. The van der Waals surface area contributed by atoms with Crippen LogP contribution in [0.1, 0.15) is 52.9 Å². The molecule has 0 rings (SSSR count). The molecule has 0 fully saturated rings. The van der Waals surface area contributed by atoms with Gasteiger partial charge in [0, 0.05) is 0 Å². The molecule has 0 saturated heterocycles. The van der Waals surface area contributed by atoms with E-state index in [1.54, 1.807) is 13.8 Å². The van der Waals surface area contributed by atoms with Crippen LogP contribution in [0.25, 0.3) is 0 Å². The number of unbranched alkanes of at least 4 members (excludes halogenated alkanes) is 1. The summed E-state index contributed by atoms with van der Waals surface area (Å²) in [6.45, 7) is 5.12. The lowest BCUT2D eigenvalue weighted by Gasteiger charge is -2.28. The molecule has 0 radical (unpaired) electrons. The number of amides is 4. The second kappa shape index (κ2) is 15.1. The van der Waals surface area contributed by atoms with Gasteiger partial charge in [0.25, 0.3) is 0 Å². The van der Waals surface area contributed by atoms with Crippen molar-refractivity contribution in [3.05, 3.63) is 0 Å². The predicted molar refractivity (Wildman–Crippen MR) is 119 cm³/mol. The monoisotopic (exact) mass is 474 g/mol. The van der Waals surface area contributed by atoms with E-state index in [0.717, 1.165) is 0 Å². The fraction of sp³-hybridized carbons (Fsp3) is 0.750. The van der Waals surface area contributed by atoms with Gasteiger partial charge >= 0.3 is 5.97 Å². The van der Waals surface area contributed by atoms with E-state index in [1.807, 2.05) is 0 Å². The molecule has 13 heteroatoms. The second-order valence-corrected chi connectivity index (χ2v) is 8.05. The Morgan fingerprint density at radius 2 is 1.48 bits per heavy atom. The third-order valence-corrected chi connectivity index (χ3v) is 5.22. The molecular formula is C20H38N6O7. The van der Waals surface area contributed by atoms with Crippen molar-refractivity contribution in [3.63, 3.8) is 0 Å². The molecule has 4 amide bonds. The van der Waals surface area contributed by atoms with Gasteiger partial charge in [0.15, 0.2) is 0 Å². The summed E-state index contributed by atoms with van der Waals surface area (Å²) in [7, 11) is 0. The van der Waals surface area contributed by atoms with Crippen molar-refractivity contribution in [2.75, 3.05) is 6.54 Å². The number of hydrogen-bond acceptors (Lipinski definition) is 8. The first-order valence-corrected chi connectivity index (χ1v) is 10.9. The molecule has 11 N–H and O–H groups in total. The van der Waals surface area contributed by atoms with Crippen LogP contribution in [0.15, 0.2) is 0 Å². The first-order chi connectivity index (χ1) is 15.3. The Bertz CT molecular complexity index is 688. The number of aliphatic hydroxyl groups is 1. The van der Waals surface area contributed by atoms with Gasteiger partial charge in [-0.05, 0) is 38.6 Å². The summed E-state index contributed by atoms with van der Waals surface area (Å²) in [5, 5.41) is 26.0. The van der Waals surface area contributed by atoms with Crippen molar-refractivity contribution in [1.29, 1.82) is 0 Å². The summed E-state index contributed by atoms with van der Waals surface area (Å²) in [5.74, 6) is -5.01. The van der Waals surface area contributed by atoms with Gasteiger partial charge in [0.1, 0.15) is 24.2 Å². The SMILES string of the molecule is CCC(C)C(NC(=O)C(CC(N)=O)NC(=O)C(N)C(C)O)C(=O)NC(CCCCN)C(=O)O. The molecule has 6 unspecified atom stereocenters. The Balaban J connectivity index is 5.53. The number of nitrogens with one attached hydrogen (secondary N) is 3. The first kappa shape index (κ1) is 30.2. The van der Waals surface area contributed by atoms with E-state index in [1.165, 1.54) is 6.92 Å². The highest BCUT2D eigenvalue weighted by atomic mass is 16.4. The van der Waals surface area contributed by atoms with Crippen LogP contribution in [0.5, 0.6) is 0 Å². The number of primary amides is 1. The molecule has 0 spiro atoms. The zero-order valence-corrected chi connectivity index (χ0v) is 19.4. The Morgan fingerprint density at radius 1 is 0.909 bits per heavy atom. The smallest absolute Gasteiger partial charge is 0.326 e. The van der Waals surface area contributed by atoms with Crippen LogP contribution in [-0.2, 0) is 24.0 Å². The standard InChI is InChI=1S/C20H38N6O7/c1-4-10(2)16(19(31)24-12(20(32)33)7-5-6-8-21)26-17(29)13(9-14(22)28)25-18(30)15(23)11(3)27/h10-13,15-16,27H,4-9,21,23H2,1-3H3,(H2,22,28)(H,24,31)(H,25,30)(H,26,29)(H,32,33). The maximum atomic E-state index is 12.8. The third-order valence-electron chi connectivity index (χ3n) is 5.22. The van der Waals surface area contributed by atoms with Crippen LogP contribution in [-0.4, -0.2) is 76.6 Å². The maximum absolute atomic E-state index is 12.8. The van der Waals surface area contributed by atoms with Crippen molar-refractivity contribution in [3.8, 4) is 0 Å². The van der Waals surface area contributed by atoms with Gasteiger partial charge in [0.2, 0.25) is 23.6 Å². The van der Waals surface area contributed by atoms with Crippen LogP contribution in [0.3, 0.4) is 0 Å². The van der Waals surface area contributed by atoms with Gasteiger partial charge in [0.05, 0.1) is 12.5 Å². The van der Waals surface area contributed by atoms with Gasteiger partial charge in [-0.2, -0.15) is 0 Å². The number of aliphatic carboxylic acids is 1. The van der Waals surface area contributed by atoms with E-state index >= 15 is 0 Å². The molecular weight excluding hydrogens is 436 g/mol. The Kier molecular flexibility index (Phi) is 13.9. The van der Waals surface area contributed by atoms with Crippen LogP contribution >= 0.6 is 0 Å². The number of rotatable bonds is 16. The highest BCUT2D eigenvalue weighted by molar-refractivity contribution is 5.96. The molecule has 0 heterocycles. The highest BCUT2D eigenvalue weighted by Crippen LogP contribution is 2.11. The number of aliphatic hydroxyl groups excluding tert-OH is 1. The van der Waals surface area contributed by atoms with Crippen LogP contribution < -0.4 is 33.2 Å².